The van der Waals surface area contributed by atoms with Crippen molar-refractivity contribution in [3.8, 4) is 0 Å². The second-order valence-corrected chi connectivity index (χ2v) is 4.25. The molecule has 0 saturated carbocycles. The van der Waals surface area contributed by atoms with E-state index in [1.54, 1.807) is 12.1 Å². The fraction of sp³-hybridized carbons (Fsp3) is 0.417. The summed E-state index contributed by atoms with van der Waals surface area (Å²) in [6, 6.07) is 7.29. The molecule has 0 radical (unpaired) electrons. The number of halogens is 1. The van der Waals surface area contributed by atoms with Crippen LogP contribution in [0, 0.1) is 0 Å². The van der Waals surface area contributed by atoms with E-state index in [9.17, 15) is 4.79 Å². The Morgan fingerprint density at radius 2 is 2.00 bits per heavy atom. The summed E-state index contributed by atoms with van der Waals surface area (Å²) in [5.41, 5.74) is 0.538. The number of rotatable bonds is 2. The average molecular weight is 240 g/mol. The summed E-state index contributed by atoms with van der Waals surface area (Å²) in [6.45, 7) is 1.43. The van der Waals surface area contributed by atoms with Gasteiger partial charge in [0.25, 0.3) is 5.91 Å². The molecular formula is C12H14ClNO2. The highest BCUT2D eigenvalue weighted by Gasteiger charge is 2.17. The van der Waals surface area contributed by atoms with E-state index < -0.39 is 0 Å². The monoisotopic (exact) mass is 239 g/mol. The Bertz CT molecular complexity index is 375. The van der Waals surface area contributed by atoms with Crippen LogP contribution < -0.4 is 5.32 Å². The molecule has 1 aromatic carbocycles. The Kier molecular flexibility index (Phi) is 3.80. The minimum Gasteiger partial charge on any atom is -0.381 e. The van der Waals surface area contributed by atoms with Gasteiger partial charge in [0.1, 0.15) is 0 Å². The standard InChI is InChI=1S/C12H14ClNO2/c13-11-4-2-1-3-10(11)12(15)14-9-5-7-16-8-6-9/h1-4,9H,5-8H2,(H,14,15). The second-order valence-electron chi connectivity index (χ2n) is 3.84. The van der Waals surface area contributed by atoms with Crippen LogP contribution in [-0.2, 0) is 4.74 Å². The Morgan fingerprint density at radius 1 is 1.31 bits per heavy atom. The maximum Gasteiger partial charge on any atom is 0.253 e. The van der Waals surface area contributed by atoms with E-state index in [0.717, 1.165) is 12.8 Å². The number of carbonyl (C=O) groups excluding carboxylic acids is 1. The molecule has 1 N–H and O–H groups in total. The Labute approximate surface area is 99.7 Å². The second kappa shape index (κ2) is 5.32. The molecule has 0 atom stereocenters. The van der Waals surface area contributed by atoms with E-state index in [1.807, 2.05) is 12.1 Å². The Hall–Kier alpha value is -1.06. The first-order valence-corrected chi connectivity index (χ1v) is 5.78. The molecule has 1 amide bonds. The summed E-state index contributed by atoms with van der Waals surface area (Å²) in [7, 11) is 0. The maximum absolute atomic E-state index is 11.9. The fourth-order valence-electron chi connectivity index (χ4n) is 1.75. The molecule has 1 fully saturated rings. The lowest BCUT2D eigenvalue weighted by molar-refractivity contribution is 0.0696. The predicted octanol–water partition coefficient (Wildman–Crippen LogP) is 2.25. The summed E-state index contributed by atoms with van der Waals surface area (Å²) in [6.07, 6.45) is 1.74. The van der Waals surface area contributed by atoms with Gasteiger partial charge in [-0.3, -0.25) is 4.79 Å². The molecule has 0 aromatic heterocycles. The molecule has 1 aromatic rings. The van der Waals surface area contributed by atoms with E-state index in [1.165, 1.54) is 0 Å². The molecule has 2 rings (SSSR count). The van der Waals surface area contributed by atoms with E-state index in [0.29, 0.717) is 23.8 Å². The van der Waals surface area contributed by atoms with Crippen LogP contribution in [0.5, 0.6) is 0 Å². The summed E-state index contributed by atoms with van der Waals surface area (Å²) in [5, 5.41) is 3.47. The molecule has 1 heterocycles. The summed E-state index contributed by atoms with van der Waals surface area (Å²) >= 11 is 5.95. The first-order valence-electron chi connectivity index (χ1n) is 5.40. The molecule has 4 heteroatoms. The normalized spacial score (nSPS) is 17.1. The van der Waals surface area contributed by atoms with Crippen LogP contribution in [0.4, 0.5) is 0 Å². The highest BCUT2D eigenvalue weighted by atomic mass is 35.5. The highest BCUT2D eigenvalue weighted by molar-refractivity contribution is 6.33. The van der Waals surface area contributed by atoms with Gasteiger partial charge in [0.2, 0.25) is 0 Å². The van der Waals surface area contributed by atoms with Crippen molar-refractivity contribution < 1.29 is 9.53 Å². The van der Waals surface area contributed by atoms with E-state index in [4.69, 9.17) is 16.3 Å². The summed E-state index contributed by atoms with van der Waals surface area (Å²) in [5.74, 6) is -0.0995. The number of nitrogens with one attached hydrogen (secondary N) is 1. The molecule has 1 aliphatic rings. The molecule has 1 saturated heterocycles. The van der Waals surface area contributed by atoms with Crippen LogP contribution >= 0.6 is 11.6 Å². The van der Waals surface area contributed by atoms with E-state index in [-0.39, 0.29) is 11.9 Å². The van der Waals surface area contributed by atoms with Crippen LogP contribution in [0.2, 0.25) is 5.02 Å². The number of carbonyl (C=O) groups is 1. The molecule has 0 aliphatic carbocycles. The summed E-state index contributed by atoms with van der Waals surface area (Å²) < 4.78 is 5.23. The van der Waals surface area contributed by atoms with Gasteiger partial charge >= 0.3 is 0 Å². The van der Waals surface area contributed by atoms with Crippen LogP contribution in [0.15, 0.2) is 24.3 Å². The van der Waals surface area contributed by atoms with Crippen molar-refractivity contribution in [1.82, 2.24) is 5.32 Å². The maximum atomic E-state index is 11.9. The van der Waals surface area contributed by atoms with Crippen LogP contribution in [0.3, 0.4) is 0 Å². The van der Waals surface area contributed by atoms with Gasteiger partial charge in [-0.15, -0.1) is 0 Å². The lowest BCUT2D eigenvalue weighted by Crippen LogP contribution is -2.38. The van der Waals surface area contributed by atoms with Crippen molar-refractivity contribution in [1.29, 1.82) is 0 Å². The molecule has 86 valence electrons. The number of hydrogen-bond acceptors (Lipinski definition) is 2. The third-order valence-corrected chi connectivity index (χ3v) is 3.00. The minimum atomic E-state index is -0.0995. The molecule has 0 bridgehead atoms. The Morgan fingerprint density at radius 3 is 2.69 bits per heavy atom. The molecular weight excluding hydrogens is 226 g/mol. The van der Waals surface area contributed by atoms with Gasteiger partial charge in [0.15, 0.2) is 0 Å². The van der Waals surface area contributed by atoms with Gasteiger partial charge in [-0.05, 0) is 25.0 Å². The Balaban J connectivity index is 2.00. The predicted molar refractivity (Wildman–Crippen MR) is 62.8 cm³/mol. The number of benzene rings is 1. The number of ether oxygens (including phenoxy) is 1. The van der Waals surface area contributed by atoms with Crippen molar-refractivity contribution >= 4 is 17.5 Å². The van der Waals surface area contributed by atoms with Crippen molar-refractivity contribution in [2.75, 3.05) is 13.2 Å². The number of amides is 1. The van der Waals surface area contributed by atoms with Gasteiger partial charge in [0.05, 0.1) is 10.6 Å². The van der Waals surface area contributed by atoms with E-state index >= 15 is 0 Å². The molecule has 3 nitrogen and oxygen atoms in total. The largest absolute Gasteiger partial charge is 0.381 e. The molecule has 0 spiro atoms. The zero-order valence-electron chi connectivity index (χ0n) is 8.91. The van der Waals surface area contributed by atoms with Gasteiger partial charge in [-0.25, -0.2) is 0 Å². The van der Waals surface area contributed by atoms with Gasteiger partial charge in [-0.2, -0.15) is 0 Å². The first-order chi connectivity index (χ1) is 7.77. The minimum absolute atomic E-state index is 0.0995. The average Bonchev–Trinajstić information content (AvgIpc) is 2.31. The van der Waals surface area contributed by atoms with Crippen molar-refractivity contribution in [3.05, 3.63) is 34.9 Å². The fourth-order valence-corrected chi connectivity index (χ4v) is 1.97. The van der Waals surface area contributed by atoms with Gasteiger partial charge in [0, 0.05) is 19.3 Å². The third-order valence-electron chi connectivity index (χ3n) is 2.68. The SMILES string of the molecule is O=C(NC1CCOCC1)c1ccccc1Cl. The molecule has 16 heavy (non-hydrogen) atoms. The van der Waals surface area contributed by atoms with Crippen LogP contribution in [0.25, 0.3) is 0 Å². The topological polar surface area (TPSA) is 38.3 Å². The highest BCUT2D eigenvalue weighted by Crippen LogP contribution is 2.15. The van der Waals surface area contributed by atoms with Gasteiger partial charge in [-0.1, -0.05) is 23.7 Å². The lowest BCUT2D eigenvalue weighted by atomic mass is 10.1. The van der Waals surface area contributed by atoms with Crippen molar-refractivity contribution in [2.24, 2.45) is 0 Å². The smallest absolute Gasteiger partial charge is 0.253 e. The third kappa shape index (κ3) is 2.74. The van der Waals surface area contributed by atoms with E-state index in [2.05, 4.69) is 5.32 Å². The first kappa shape index (κ1) is 11.4. The van der Waals surface area contributed by atoms with Gasteiger partial charge < -0.3 is 10.1 Å². The lowest BCUT2D eigenvalue weighted by Gasteiger charge is -2.23. The molecule has 0 unspecified atom stereocenters. The number of hydrogen-bond donors (Lipinski definition) is 1. The van der Waals surface area contributed by atoms with Crippen LogP contribution in [-0.4, -0.2) is 25.2 Å². The zero-order valence-corrected chi connectivity index (χ0v) is 9.67. The van der Waals surface area contributed by atoms with Crippen molar-refractivity contribution in [2.45, 2.75) is 18.9 Å². The van der Waals surface area contributed by atoms with Crippen LogP contribution in [0.1, 0.15) is 23.2 Å². The van der Waals surface area contributed by atoms with Crippen molar-refractivity contribution in [3.63, 3.8) is 0 Å². The quantitative estimate of drug-likeness (QED) is 0.860. The summed E-state index contributed by atoms with van der Waals surface area (Å²) in [4.78, 5) is 11.9. The zero-order chi connectivity index (χ0) is 11.4. The molecule has 1 aliphatic heterocycles.